The Morgan fingerprint density at radius 1 is 1.39 bits per heavy atom. The number of nitrogens with zero attached hydrogens (tertiary/aromatic N) is 1. The lowest BCUT2D eigenvalue weighted by atomic mass is 10.2. The fourth-order valence-electron chi connectivity index (χ4n) is 1.82. The van der Waals surface area contributed by atoms with Crippen LogP contribution in [-0.2, 0) is 12.2 Å². The number of hydrogen-bond donors (Lipinski definition) is 1. The Kier molecular flexibility index (Phi) is 4.66. The highest BCUT2D eigenvalue weighted by Crippen LogP contribution is 2.31. The molecule has 1 aromatic heterocycles. The van der Waals surface area contributed by atoms with Gasteiger partial charge in [0.1, 0.15) is 10.8 Å². The van der Waals surface area contributed by atoms with Gasteiger partial charge in [0.25, 0.3) is 0 Å². The first-order valence-electron chi connectivity index (χ1n) is 6.02. The first-order valence-corrected chi connectivity index (χ1v) is 7.47. The Morgan fingerprint density at radius 2 is 2.22 bits per heavy atom. The molecule has 2 aromatic rings. The Bertz CT molecular complexity index is 522. The molecule has 2 nitrogen and oxygen atoms in total. The van der Waals surface area contributed by atoms with Crippen molar-refractivity contribution in [2.24, 2.45) is 0 Å². The minimum atomic E-state index is 0.761. The summed E-state index contributed by atoms with van der Waals surface area (Å²) in [6.45, 7) is 2.17. The molecule has 1 aromatic carbocycles. The molecule has 0 aliphatic heterocycles. The third kappa shape index (κ3) is 2.87. The molecule has 0 atom stereocenters. The van der Waals surface area contributed by atoms with E-state index in [2.05, 4.69) is 25.6 Å². The third-order valence-electron chi connectivity index (χ3n) is 2.73. The second-order valence-corrected chi connectivity index (χ2v) is 5.43. The zero-order valence-corrected chi connectivity index (χ0v) is 12.4. The molecule has 0 fully saturated rings. The highest BCUT2D eigenvalue weighted by atomic mass is 32.1. The van der Waals surface area contributed by atoms with Gasteiger partial charge in [0, 0.05) is 16.2 Å². The summed E-state index contributed by atoms with van der Waals surface area (Å²) in [5.41, 5.74) is 2.31. The topological polar surface area (TPSA) is 22.1 Å². The van der Waals surface area contributed by atoms with Crippen molar-refractivity contribution in [3.63, 3.8) is 0 Å². The summed E-state index contributed by atoms with van der Waals surface area (Å²) < 4.78 is 5.25. The van der Waals surface area contributed by atoms with Crippen LogP contribution in [-0.4, -0.2) is 12.1 Å². The maximum absolute atomic E-state index is 5.25. The van der Waals surface area contributed by atoms with E-state index in [1.54, 1.807) is 18.4 Å². The summed E-state index contributed by atoms with van der Waals surface area (Å²) in [6, 6.07) is 8.04. The third-order valence-corrected chi connectivity index (χ3v) is 4.40. The fraction of sp³-hybridized carbons (Fsp3) is 0.357. The number of thiazole rings is 1. The molecule has 0 saturated heterocycles. The van der Waals surface area contributed by atoms with E-state index < -0.39 is 0 Å². The van der Waals surface area contributed by atoms with Crippen molar-refractivity contribution in [1.82, 2.24) is 4.98 Å². The largest absolute Gasteiger partial charge is 0.497 e. The van der Waals surface area contributed by atoms with E-state index in [1.165, 1.54) is 10.6 Å². The molecule has 2 rings (SSSR count). The van der Waals surface area contributed by atoms with Gasteiger partial charge in [0.05, 0.1) is 12.8 Å². The Balaban J connectivity index is 2.37. The molecular weight excluding hydrogens is 262 g/mol. The number of aryl methyl sites for hydroxylation is 1. The predicted octanol–water partition coefficient (Wildman–Crippen LogP) is 4.20. The van der Waals surface area contributed by atoms with Gasteiger partial charge in [-0.15, -0.1) is 11.3 Å². The average Bonchev–Trinajstić information content (AvgIpc) is 2.82. The molecule has 1 heterocycles. The van der Waals surface area contributed by atoms with E-state index in [0.29, 0.717) is 0 Å². The van der Waals surface area contributed by atoms with E-state index in [9.17, 15) is 0 Å². The van der Waals surface area contributed by atoms with E-state index in [1.807, 2.05) is 18.2 Å². The summed E-state index contributed by atoms with van der Waals surface area (Å²) in [6.07, 6.45) is 2.14. The minimum absolute atomic E-state index is 0.761. The van der Waals surface area contributed by atoms with Crippen LogP contribution in [0.1, 0.15) is 23.9 Å². The summed E-state index contributed by atoms with van der Waals surface area (Å²) >= 11 is 6.11. The van der Waals surface area contributed by atoms with Gasteiger partial charge in [-0.05, 0) is 18.6 Å². The summed E-state index contributed by atoms with van der Waals surface area (Å²) in [4.78, 5) is 6.01. The molecule has 0 radical (unpaired) electrons. The number of methoxy groups -OCH3 is 1. The van der Waals surface area contributed by atoms with Gasteiger partial charge in [0.2, 0.25) is 0 Å². The Hall–Kier alpha value is -1.00. The minimum Gasteiger partial charge on any atom is -0.497 e. The normalized spacial score (nSPS) is 10.6. The second kappa shape index (κ2) is 6.25. The van der Waals surface area contributed by atoms with Crippen LogP contribution in [0.4, 0.5) is 0 Å². The zero-order valence-electron chi connectivity index (χ0n) is 10.6. The summed E-state index contributed by atoms with van der Waals surface area (Å²) in [5.74, 6) is 1.63. The predicted molar refractivity (Wildman–Crippen MR) is 80.8 cm³/mol. The zero-order chi connectivity index (χ0) is 13.0. The van der Waals surface area contributed by atoms with Crippen LogP contribution < -0.4 is 4.74 Å². The number of aromatic nitrogens is 1. The van der Waals surface area contributed by atoms with Crippen LogP contribution in [0.25, 0.3) is 10.6 Å². The molecule has 0 amide bonds. The first-order chi connectivity index (χ1) is 8.78. The molecule has 0 spiro atoms. The van der Waals surface area contributed by atoms with Gasteiger partial charge >= 0.3 is 0 Å². The van der Waals surface area contributed by atoms with Crippen LogP contribution in [0.2, 0.25) is 0 Å². The van der Waals surface area contributed by atoms with Gasteiger partial charge in [-0.1, -0.05) is 25.5 Å². The number of hydrogen-bond acceptors (Lipinski definition) is 4. The van der Waals surface area contributed by atoms with Crippen molar-refractivity contribution in [3.05, 3.63) is 34.8 Å². The lowest BCUT2D eigenvalue weighted by Crippen LogP contribution is -1.88. The van der Waals surface area contributed by atoms with Crippen molar-refractivity contribution < 1.29 is 4.74 Å². The molecule has 0 saturated carbocycles. The fourth-order valence-corrected chi connectivity index (χ4v) is 3.16. The van der Waals surface area contributed by atoms with E-state index >= 15 is 0 Å². The average molecular weight is 279 g/mol. The molecule has 96 valence electrons. The molecule has 18 heavy (non-hydrogen) atoms. The molecule has 0 unspecified atom stereocenters. The lowest BCUT2D eigenvalue weighted by molar-refractivity contribution is 0.415. The molecule has 0 aliphatic rings. The quantitative estimate of drug-likeness (QED) is 0.829. The second-order valence-electron chi connectivity index (χ2n) is 4.03. The van der Waals surface area contributed by atoms with Crippen LogP contribution in [0.3, 0.4) is 0 Å². The molecular formula is C14H17NOS2. The van der Waals surface area contributed by atoms with Crippen molar-refractivity contribution in [2.75, 3.05) is 7.11 Å². The number of ether oxygens (including phenoxy) is 1. The van der Waals surface area contributed by atoms with Gasteiger partial charge in [-0.2, -0.15) is 12.6 Å². The van der Waals surface area contributed by atoms with Gasteiger partial charge in [-0.25, -0.2) is 4.98 Å². The van der Waals surface area contributed by atoms with E-state index in [4.69, 9.17) is 9.72 Å². The highest BCUT2D eigenvalue weighted by Gasteiger charge is 2.11. The molecule has 0 bridgehead atoms. The van der Waals surface area contributed by atoms with Gasteiger partial charge in [-0.3, -0.25) is 0 Å². The van der Waals surface area contributed by atoms with E-state index in [0.717, 1.165) is 34.9 Å². The van der Waals surface area contributed by atoms with Crippen molar-refractivity contribution >= 4 is 24.0 Å². The summed E-state index contributed by atoms with van der Waals surface area (Å²) in [7, 11) is 1.68. The molecule has 0 N–H and O–H groups in total. The van der Waals surface area contributed by atoms with Crippen LogP contribution in [0.15, 0.2) is 24.3 Å². The van der Waals surface area contributed by atoms with Crippen LogP contribution >= 0.6 is 24.0 Å². The van der Waals surface area contributed by atoms with Crippen molar-refractivity contribution in [3.8, 4) is 16.3 Å². The highest BCUT2D eigenvalue weighted by molar-refractivity contribution is 7.79. The molecule has 0 aliphatic carbocycles. The van der Waals surface area contributed by atoms with Crippen LogP contribution in [0, 0.1) is 0 Å². The summed E-state index contributed by atoms with van der Waals surface area (Å²) in [5, 5.41) is 1.06. The van der Waals surface area contributed by atoms with E-state index in [-0.39, 0.29) is 0 Å². The monoisotopic (exact) mass is 279 g/mol. The van der Waals surface area contributed by atoms with Crippen LogP contribution in [0.5, 0.6) is 5.75 Å². The lowest BCUT2D eigenvalue weighted by Gasteiger charge is -2.01. The smallest absolute Gasteiger partial charge is 0.124 e. The number of benzene rings is 1. The first kappa shape index (κ1) is 13.4. The van der Waals surface area contributed by atoms with Gasteiger partial charge < -0.3 is 4.74 Å². The standard InChI is InChI=1S/C14H17NOS2/c1-3-5-12-13(9-17)18-14(15-12)10-6-4-7-11(8-10)16-2/h4,6-8,17H,3,5,9H2,1-2H3. The maximum atomic E-state index is 5.25. The Morgan fingerprint density at radius 3 is 2.89 bits per heavy atom. The van der Waals surface area contributed by atoms with Crippen molar-refractivity contribution in [1.29, 1.82) is 0 Å². The Labute approximate surface area is 117 Å². The van der Waals surface area contributed by atoms with Crippen molar-refractivity contribution in [2.45, 2.75) is 25.5 Å². The van der Waals surface area contributed by atoms with Gasteiger partial charge in [0.15, 0.2) is 0 Å². The maximum Gasteiger partial charge on any atom is 0.124 e. The number of rotatable bonds is 5. The SMILES string of the molecule is CCCc1nc(-c2cccc(OC)c2)sc1CS. The molecule has 4 heteroatoms. The number of thiol groups is 1.